The fourth-order valence-corrected chi connectivity index (χ4v) is 2.01. The van der Waals surface area contributed by atoms with Crippen molar-refractivity contribution in [3.63, 3.8) is 0 Å². The predicted molar refractivity (Wildman–Crippen MR) is 87.5 cm³/mol. The van der Waals surface area contributed by atoms with Gasteiger partial charge in [0, 0.05) is 6.54 Å². The molecule has 24 heavy (non-hydrogen) atoms. The number of nitrogens with zero attached hydrogens (tertiary/aromatic N) is 3. The van der Waals surface area contributed by atoms with Crippen LogP contribution in [0.3, 0.4) is 0 Å². The molecule has 0 aliphatic heterocycles. The van der Waals surface area contributed by atoms with E-state index in [-0.39, 0.29) is 16.5 Å². The van der Waals surface area contributed by atoms with Crippen LogP contribution in [0, 0.1) is 5.92 Å². The van der Waals surface area contributed by atoms with Crippen LogP contribution in [0.25, 0.3) is 0 Å². The minimum absolute atomic E-state index is 0.0973. The first kappa shape index (κ1) is 18.3. The molecule has 0 saturated heterocycles. The lowest BCUT2D eigenvalue weighted by Gasteiger charge is -2.12. The molecule has 9 heteroatoms. The number of anilines is 3. The van der Waals surface area contributed by atoms with E-state index in [1.165, 1.54) is 12.3 Å². The van der Waals surface area contributed by atoms with E-state index >= 15 is 0 Å². The van der Waals surface area contributed by atoms with Crippen LogP contribution >= 0.6 is 11.6 Å². The lowest BCUT2D eigenvalue weighted by molar-refractivity contribution is -0.137. The SMILES string of the molecule is CC(C)CCNc1nncc(Nc2cc(C(F)(F)F)ccc2Cl)n1. The molecule has 0 aliphatic rings. The number of hydrogen-bond acceptors (Lipinski definition) is 5. The Hall–Kier alpha value is -2.09. The van der Waals surface area contributed by atoms with Crippen molar-refractivity contribution in [1.82, 2.24) is 15.2 Å². The highest BCUT2D eigenvalue weighted by Crippen LogP contribution is 2.34. The maximum Gasteiger partial charge on any atom is 0.416 e. The van der Waals surface area contributed by atoms with Gasteiger partial charge in [-0.05, 0) is 30.5 Å². The summed E-state index contributed by atoms with van der Waals surface area (Å²) in [6.45, 7) is 4.86. The number of benzene rings is 1. The minimum atomic E-state index is -4.45. The fourth-order valence-electron chi connectivity index (χ4n) is 1.85. The molecule has 1 aromatic heterocycles. The Balaban J connectivity index is 2.13. The summed E-state index contributed by atoms with van der Waals surface area (Å²) in [5.41, 5.74) is -0.702. The Morgan fingerprint density at radius 3 is 2.67 bits per heavy atom. The standard InChI is InChI=1S/C15H17ClF3N5/c1-9(2)5-6-20-14-23-13(8-21-24-14)22-12-7-10(15(17,18)19)3-4-11(12)16/h3-4,7-9H,5-6H2,1-2H3,(H2,20,22,23,24). The first-order chi connectivity index (χ1) is 11.3. The van der Waals surface area contributed by atoms with Crippen LogP contribution in [0.5, 0.6) is 0 Å². The van der Waals surface area contributed by atoms with Crippen molar-refractivity contribution in [3.05, 3.63) is 35.0 Å². The molecule has 0 unspecified atom stereocenters. The van der Waals surface area contributed by atoms with E-state index in [2.05, 4.69) is 39.7 Å². The average molecular weight is 360 g/mol. The second-order valence-corrected chi connectivity index (χ2v) is 6.00. The molecule has 130 valence electrons. The zero-order valence-corrected chi connectivity index (χ0v) is 13.9. The van der Waals surface area contributed by atoms with E-state index in [1.54, 1.807) is 0 Å². The summed E-state index contributed by atoms with van der Waals surface area (Å²) in [5, 5.41) is 13.5. The van der Waals surface area contributed by atoms with Crippen LogP contribution in [0.2, 0.25) is 5.02 Å². The fraction of sp³-hybridized carbons (Fsp3) is 0.400. The number of nitrogens with one attached hydrogen (secondary N) is 2. The number of alkyl halides is 3. The van der Waals surface area contributed by atoms with E-state index < -0.39 is 11.7 Å². The third-order valence-corrected chi connectivity index (χ3v) is 3.45. The Kier molecular flexibility index (Phi) is 5.82. The van der Waals surface area contributed by atoms with Crippen molar-refractivity contribution in [2.45, 2.75) is 26.4 Å². The van der Waals surface area contributed by atoms with Gasteiger partial charge in [-0.3, -0.25) is 0 Å². The average Bonchev–Trinajstić information content (AvgIpc) is 2.48. The molecule has 0 amide bonds. The lowest BCUT2D eigenvalue weighted by Crippen LogP contribution is -2.10. The number of hydrogen-bond donors (Lipinski definition) is 2. The first-order valence-corrected chi connectivity index (χ1v) is 7.71. The highest BCUT2D eigenvalue weighted by atomic mass is 35.5. The van der Waals surface area contributed by atoms with Crippen LogP contribution in [-0.2, 0) is 6.18 Å². The molecular formula is C15H17ClF3N5. The van der Waals surface area contributed by atoms with Gasteiger partial charge in [0.15, 0.2) is 5.82 Å². The van der Waals surface area contributed by atoms with Gasteiger partial charge in [0.2, 0.25) is 5.95 Å². The predicted octanol–water partition coefficient (Wildman–Crippen LogP) is 4.75. The van der Waals surface area contributed by atoms with Gasteiger partial charge in [-0.25, -0.2) is 0 Å². The Morgan fingerprint density at radius 1 is 1.25 bits per heavy atom. The molecular weight excluding hydrogens is 343 g/mol. The molecule has 0 aliphatic carbocycles. The van der Waals surface area contributed by atoms with Crippen LogP contribution in [0.1, 0.15) is 25.8 Å². The Labute approximate surface area is 142 Å². The van der Waals surface area contributed by atoms with Gasteiger partial charge in [0.05, 0.1) is 22.5 Å². The molecule has 0 fully saturated rings. The third kappa shape index (κ3) is 5.23. The van der Waals surface area contributed by atoms with Gasteiger partial charge < -0.3 is 10.6 Å². The van der Waals surface area contributed by atoms with Crippen LogP contribution in [0.15, 0.2) is 24.4 Å². The van der Waals surface area contributed by atoms with Gasteiger partial charge in [0.1, 0.15) is 0 Å². The zero-order chi connectivity index (χ0) is 17.7. The second kappa shape index (κ2) is 7.65. The molecule has 2 aromatic rings. The van der Waals surface area contributed by atoms with Crippen LogP contribution < -0.4 is 10.6 Å². The van der Waals surface area contributed by atoms with Gasteiger partial charge >= 0.3 is 6.18 Å². The largest absolute Gasteiger partial charge is 0.416 e. The number of aromatic nitrogens is 3. The van der Waals surface area contributed by atoms with Gasteiger partial charge in [-0.15, -0.1) is 5.10 Å². The van der Waals surface area contributed by atoms with Crippen molar-refractivity contribution in [2.75, 3.05) is 17.2 Å². The van der Waals surface area contributed by atoms with Crippen molar-refractivity contribution in [2.24, 2.45) is 5.92 Å². The summed E-state index contributed by atoms with van der Waals surface area (Å²) in [5.74, 6) is 1.07. The van der Waals surface area contributed by atoms with E-state index in [9.17, 15) is 13.2 Å². The summed E-state index contributed by atoms with van der Waals surface area (Å²) < 4.78 is 38.4. The molecule has 0 saturated carbocycles. The molecule has 0 bridgehead atoms. The molecule has 5 nitrogen and oxygen atoms in total. The molecule has 1 heterocycles. The highest BCUT2D eigenvalue weighted by molar-refractivity contribution is 6.33. The molecule has 2 rings (SSSR count). The number of rotatable bonds is 6. The first-order valence-electron chi connectivity index (χ1n) is 7.33. The normalized spacial score (nSPS) is 11.6. The van der Waals surface area contributed by atoms with E-state index in [0.717, 1.165) is 18.6 Å². The van der Waals surface area contributed by atoms with Gasteiger partial charge in [0.25, 0.3) is 0 Å². The molecule has 1 aromatic carbocycles. The smallest absolute Gasteiger partial charge is 0.353 e. The van der Waals surface area contributed by atoms with Crippen molar-refractivity contribution < 1.29 is 13.2 Å². The van der Waals surface area contributed by atoms with Crippen LogP contribution in [-0.4, -0.2) is 21.7 Å². The molecule has 2 N–H and O–H groups in total. The zero-order valence-electron chi connectivity index (χ0n) is 13.2. The summed E-state index contributed by atoms with van der Waals surface area (Å²) in [6.07, 6.45) is -2.21. The summed E-state index contributed by atoms with van der Waals surface area (Å²) in [6, 6.07) is 3.03. The maximum atomic E-state index is 12.8. The Bertz CT molecular complexity index is 691. The minimum Gasteiger partial charge on any atom is -0.353 e. The summed E-state index contributed by atoms with van der Waals surface area (Å²) in [4.78, 5) is 4.16. The lowest BCUT2D eigenvalue weighted by atomic mass is 10.1. The monoisotopic (exact) mass is 359 g/mol. The molecule has 0 radical (unpaired) electrons. The highest BCUT2D eigenvalue weighted by Gasteiger charge is 2.31. The summed E-state index contributed by atoms with van der Waals surface area (Å²) in [7, 11) is 0. The van der Waals surface area contributed by atoms with E-state index in [0.29, 0.717) is 18.4 Å². The molecule has 0 spiro atoms. The topological polar surface area (TPSA) is 62.7 Å². The maximum absolute atomic E-state index is 12.8. The van der Waals surface area contributed by atoms with Crippen molar-refractivity contribution in [3.8, 4) is 0 Å². The molecule has 0 atom stereocenters. The van der Waals surface area contributed by atoms with Crippen molar-refractivity contribution >= 4 is 29.1 Å². The second-order valence-electron chi connectivity index (χ2n) is 5.59. The van der Waals surface area contributed by atoms with Gasteiger partial charge in [-0.1, -0.05) is 25.4 Å². The number of halogens is 4. The quantitative estimate of drug-likeness (QED) is 0.779. The van der Waals surface area contributed by atoms with Crippen LogP contribution in [0.4, 0.5) is 30.6 Å². The van der Waals surface area contributed by atoms with E-state index in [4.69, 9.17) is 11.6 Å². The van der Waals surface area contributed by atoms with E-state index in [1.807, 2.05) is 0 Å². The summed E-state index contributed by atoms with van der Waals surface area (Å²) >= 11 is 5.95. The Morgan fingerprint density at radius 2 is 2.00 bits per heavy atom. The van der Waals surface area contributed by atoms with Crippen molar-refractivity contribution in [1.29, 1.82) is 0 Å². The van der Waals surface area contributed by atoms with Gasteiger partial charge in [-0.2, -0.15) is 23.3 Å². The third-order valence-electron chi connectivity index (χ3n) is 3.12.